The molecule has 0 saturated heterocycles. The van der Waals surface area contributed by atoms with Crippen LogP contribution in [0.3, 0.4) is 0 Å². The van der Waals surface area contributed by atoms with Crippen LogP contribution in [0.5, 0.6) is 0 Å². The molecule has 26 heavy (non-hydrogen) atoms. The molecule has 4 heteroatoms. The predicted molar refractivity (Wildman–Crippen MR) is 113 cm³/mol. The van der Waals surface area contributed by atoms with Gasteiger partial charge in [-0.15, -0.1) is 0 Å². The summed E-state index contributed by atoms with van der Waals surface area (Å²) < 4.78 is 1.24. The van der Waals surface area contributed by atoms with Gasteiger partial charge in [-0.3, -0.25) is 0 Å². The maximum absolute atomic E-state index is 2.43. The number of unbranched alkanes of at least 4 members (excludes halogenated alkanes) is 14. The molecule has 0 aromatic heterocycles. The Morgan fingerprint density at radius 1 is 0.423 bits per heavy atom. The molecule has 0 aliphatic carbocycles. The number of hydrogen-bond donors (Lipinski definition) is 1. The standard InChI is InChI=1S/C22H48N.2ClH.H3N/c1-5-7-9-11-13-15-17-19-21-23(3,4)22-20-18-16-14-12-10-8-6-2;;;/h5-22H2,1-4H3;2*1H;1H3/q+1;;;/p-1. The van der Waals surface area contributed by atoms with Crippen molar-refractivity contribution in [3.05, 3.63) is 0 Å². The van der Waals surface area contributed by atoms with Crippen LogP contribution < -0.4 is 31.0 Å². The highest BCUT2D eigenvalue weighted by molar-refractivity contribution is 4.48. The Morgan fingerprint density at radius 2 is 0.654 bits per heavy atom. The second kappa shape index (κ2) is 25.5. The summed E-state index contributed by atoms with van der Waals surface area (Å²) >= 11 is 0. The Balaban J connectivity index is -0.000000807. The van der Waals surface area contributed by atoms with Gasteiger partial charge in [0, 0.05) is 0 Å². The maximum Gasteiger partial charge on any atom is 0.0782 e. The van der Waals surface area contributed by atoms with E-state index in [0.29, 0.717) is 0 Å². The Morgan fingerprint density at radius 3 is 0.923 bits per heavy atom. The molecule has 0 aromatic carbocycles. The van der Waals surface area contributed by atoms with Crippen molar-refractivity contribution in [2.24, 2.45) is 0 Å². The lowest BCUT2D eigenvalue weighted by Crippen LogP contribution is -3.00. The van der Waals surface area contributed by atoms with Crippen LogP contribution in [0.1, 0.15) is 117 Å². The number of halogens is 2. The highest BCUT2D eigenvalue weighted by Gasteiger charge is 2.13. The molecule has 4 N–H and O–H groups in total. The summed E-state index contributed by atoms with van der Waals surface area (Å²) in [5.41, 5.74) is 0. The Kier molecular flexibility index (Phi) is 33.4. The third-order valence-corrected chi connectivity index (χ3v) is 5.23. The minimum Gasteiger partial charge on any atom is -1.00 e. The summed E-state index contributed by atoms with van der Waals surface area (Å²) in [5.74, 6) is 0. The van der Waals surface area contributed by atoms with Crippen molar-refractivity contribution in [3.8, 4) is 0 Å². The third kappa shape index (κ3) is 26.7. The monoisotopic (exact) mass is 414 g/mol. The molecule has 0 unspecified atom stereocenters. The molecule has 164 valence electrons. The molecule has 0 spiro atoms. The van der Waals surface area contributed by atoms with Crippen LogP contribution in [0.15, 0.2) is 0 Å². The predicted octanol–water partition coefficient (Wildman–Crippen LogP) is 1.73. The SMILES string of the molecule is CCCCCCCCCC[N+](C)(C)CCCCCCCCCC.[Cl-].[Cl-].[NH4+]. The van der Waals surface area contributed by atoms with Gasteiger partial charge in [-0.25, -0.2) is 0 Å². The highest BCUT2D eigenvalue weighted by atomic mass is 35.5. The van der Waals surface area contributed by atoms with Crippen molar-refractivity contribution in [3.63, 3.8) is 0 Å². The number of quaternary nitrogens is 2. The number of nitrogens with zero attached hydrogens (tertiary/aromatic N) is 1. The molecule has 2 nitrogen and oxygen atoms in total. The molecule has 0 fully saturated rings. The van der Waals surface area contributed by atoms with E-state index in [-0.39, 0.29) is 31.0 Å². The van der Waals surface area contributed by atoms with Crippen molar-refractivity contribution in [2.45, 2.75) is 117 Å². The molecule has 0 aliphatic heterocycles. The zero-order valence-electron chi connectivity index (χ0n) is 18.9. The summed E-state index contributed by atoms with van der Waals surface area (Å²) in [6.07, 6.45) is 23.0. The fourth-order valence-electron chi connectivity index (χ4n) is 3.46. The first-order chi connectivity index (χ1) is 11.1. The van der Waals surface area contributed by atoms with Gasteiger partial charge in [-0.2, -0.15) is 0 Å². The first-order valence-corrected chi connectivity index (χ1v) is 10.9. The molecule has 0 bridgehead atoms. The summed E-state index contributed by atoms with van der Waals surface area (Å²) in [4.78, 5) is 0. The van der Waals surface area contributed by atoms with E-state index in [1.165, 1.54) is 120 Å². The number of rotatable bonds is 18. The summed E-state index contributed by atoms with van der Waals surface area (Å²) in [6.45, 7) is 7.36. The van der Waals surface area contributed by atoms with Crippen molar-refractivity contribution in [1.29, 1.82) is 0 Å². The Labute approximate surface area is 179 Å². The largest absolute Gasteiger partial charge is 1.00 e. The van der Waals surface area contributed by atoms with Crippen LogP contribution in [-0.4, -0.2) is 31.7 Å². The first-order valence-electron chi connectivity index (χ1n) is 10.9. The number of hydrogen-bond acceptors (Lipinski definition) is 0. The van der Waals surface area contributed by atoms with E-state index in [2.05, 4.69) is 27.9 Å². The quantitative estimate of drug-likeness (QED) is 0.262. The van der Waals surface area contributed by atoms with Gasteiger partial charge in [0.1, 0.15) is 0 Å². The van der Waals surface area contributed by atoms with Crippen LogP contribution in [-0.2, 0) is 0 Å². The van der Waals surface area contributed by atoms with Gasteiger partial charge in [-0.1, -0.05) is 90.9 Å². The van der Waals surface area contributed by atoms with E-state index in [1.54, 1.807) is 0 Å². The fourth-order valence-corrected chi connectivity index (χ4v) is 3.46. The lowest BCUT2D eigenvalue weighted by atomic mass is 10.1. The van der Waals surface area contributed by atoms with Crippen LogP contribution in [0.25, 0.3) is 0 Å². The minimum atomic E-state index is 0. The van der Waals surface area contributed by atoms with Crippen molar-refractivity contribution < 1.29 is 29.3 Å². The molecule has 0 saturated carbocycles. The summed E-state index contributed by atoms with van der Waals surface area (Å²) in [5, 5.41) is 0. The summed E-state index contributed by atoms with van der Waals surface area (Å²) in [6, 6.07) is 0. The first kappa shape index (κ1) is 34.0. The van der Waals surface area contributed by atoms with E-state index >= 15 is 0 Å². The molecule has 0 aromatic rings. The van der Waals surface area contributed by atoms with E-state index in [1.807, 2.05) is 0 Å². The smallest absolute Gasteiger partial charge is 0.0782 e. The third-order valence-electron chi connectivity index (χ3n) is 5.23. The summed E-state index contributed by atoms with van der Waals surface area (Å²) in [7, 11) is 4.87. The van der Waals surface area contributed by atoms with Crippen LogP contribution in [0.4, 0.5) is 0 Å². The van der Waals surface area contributed by atoms with Gasteiger partial charge >= 0.3 is 0 Å². The second-order valence-electron chi connectivity index (χ2n) is 8.33. The van der Waals surface area contributed by atoms with Gasteiger partial charge in [0.25, 0.3) is 0 Å². The lowest BCUT2D eigenvalue weighted by molar-refractivity contribution is -0.890. The lowest BCUT2D eigenvalue weighted by Gasteiger charge is -2.30. The van der Waals surface area contributed by atoms with Gasteiger partial charge < -0.3 is 35.4 Å². The molecule has 0 atom stereocenters. The second-order valence-corrected chi connectivity index (χ2v) is 8.33. The topological polar surface area (TPSA) is 36.5 Å². The average molecular weight is 416 g/mol. The zero-order chi connectivity index (χ0) is 17.2. The van der Waals surface area contributed by atoms with E-state index in [0.717, 1.165) is 0 Å². The zero-order valence-corrected chi connectivity index (χ0v) is 20.4. The maximum atomic E-state index is 2.43. The Bertz CT molecular complexity index is 214. The van der Waals surface area contributed by atoms with Gasteiger partial charge in [0.15, 0.2) is 0 Å². The minimum absolute atomic E-state index is 0. The van der Waals surface area contributed by atoms with E-state index < -0.39 is 0 Å². The van der Waals surface area contributed by atoms with Crippen molar-refractivity contribution >= 4 is 0 Å². The average Bonchev–Trinajstić information content (AvgIpc) is 2.52. The molecular weight excluding hydrogens is 363 g/mol. The van der Waals surface area contributed by atoms with Gasteiger partial charge in [0.2, 0.25) is 0 Å². The highest BCUT2D eigenvalue weighted by Crippen LogP contribution is 2.13. The molecular formula is C22H52Cl2N2. The normalized spacial score (nSPS) is 10.6. The van der Waals surface area contributed by atoms with Gasteiger partial charge in [0.05, 0.1) is 27.2 Å². The van der Waals surface area contributed by atoms with Gasteiger partial charge in [-0.05, 0) is 25.7 Å². The van der Waals surface area contributed by atoms with Crippen LogP contribution in [0.2, 0.25) is 0 Å². The molecule has 0 amide bonds. The molecule has 0 heterocycles. The Hall–Kier alpha value is 0.500. The molecule has 0 rings (SSSR count). The van der Waals surface area contributed by atoms with E-state index in [4.69, 9.17) is 0 Å². The molecule has 0 radical (unpaired) electrons. The molecule has 0 aliphatic rings. The van der Waals surface area contributed by atoms with Crippen LogP contribution in [0, 0.1) is 0 Å². The van der Waals surface area contributed by atoms with Crippen LogP contribution >= 0.6 is 0 Å². The van der Waals surface area contributed by atoms with Crippen molar-refractivity contribution in [2.75, 3.05) is 27.2 Å². The fraction of sp³-hybridized carbons (Fsp3) is 1.00. The van der Waals surface area contributed by atoms with E-state index in [9.17, 15) is 0 Å². The van der Waals surface area contributed by atoms with Crippen molar-refractivity contribution in [1.82, 2.24) is 6.15 Å².